The van der Waals surface area contributed by atoms with Gasteiger partial charge in [-0.15, -0.1) is 0 Å². The average Bonchev–Trinajstić information content (AvgIpc) is 2.97. The number of cyclic esters (lactones) is 1. The first-order chi connectivity index (χ1) is 20.5. The molecule has 2 aromatic carbocycles. The number of nitrogens with two attached hydrogens (primary N) is 1. The van der Waals surface area contributed by atoms with Crippen molar-refractivity contribution >= 4 is 23.6 Å². The van der Waals surface area contributed by atoms with Crippen LogP contribution in [0.25, 0.3) is 0 Å². The van der Waals surface area contributed by atoms with Crippen LogP contribution < -0.4 is 20.1 Å². The molecule has 3 heterocycles. The van der Waals surface area contributed by atoms with E-state index in [1.807, 2.05) is 0 Å². The molecule has 3 N–H and O–H groups in total. The van der Waals surface area contributed by atoms with E-state index >= 15 is 0 Å². The van der Waals surface area contributed by atoms with Gasteiger partial charge >= 0.3 is 12.3 Å². The van der Waals surface area contributed by atoms with Gasteiger partial charge in [0.05, 0.1) is 12.1 Å². The van der Waals surface area contributed by atoms with E-state index in [9.17, 15) is 27.2 Å². The van der Waals surface area contributed by atoms with Crippen LogP contribution in [0.1, 0.15) is 36.8 Å². The molecule has 2 aromatic rings. The molecular formula is C29H33F4N5O5. The van der Waals surface area contributed by atoms with Gasteiger partial charge < -0.3 is 29.7 Å². The third-order valence-corrected chi connectivity index (χ3v) is 7.93. The normalized spacial score (nSPS) is 18.2. The van der Waals surface area contributed by atoms with Crippen LogP contribution in [-0.2, 0) is 22.6 Å². The van der Waals surface area contributed by atoms with Crippen LogP contribution in [0.2, 0.25) is 0 Å². The van der Waals surface area contributed by atoms with Crippen molar-refractivity contribution in [2.75, 3.05) is 37.7 Å². The van der Waals surface area contributed by atoms with E-state index in [1.54, 1.807) is 21.9 Å². The Bertz CT molecular complexity index is 1360. The van der Waals surface area contributed by atoms with E-state index in [4.69, 9.17) is 25.4 Å². The van der Waals surface area contributed by atoms with Crippen molar-refractivity contribution in [2.24, 2.45) is 5.73 Å². The van der Waals surface area contributed by atoms with E-state index in [1.165, 1.54) is 29.2 Å². The van der Waals surface area contributed by atoms with Gasteiger partial charge in [-0.2, -0.15) is 13.2 Å². The molecule has 5 rings (SSSR count). The lowest BCUT2D eigenvalue weighted by Gasteiger charge is -2.40. The maximum absolute atomic E-state index is 14.3. The molecule has 2 amide bonds. The molecule has 3 aliphatic rings. The number of halogens is 4. The predicted octanol–water partition coefficient (Wildman–Crippen LogP) is 4.19. The minimum Gasteiger partial charge on any atom is -0.490 e. The molecule has 14 heteroatoms. The number of anilines is 1. The first-order valence-electron chi connectivity index (χ1n) is 14.1. The zero-order chi connectivity index (χ0) is 30.7. The molecule has 0 aliphatic carbocycles. The molecule has 2 fully saturated rings. The highest BCUT2D eigenvalue weighted by atomic mass is 19.4. The molecule has 232 valence electrons. The van der Waals surface area contributed by atoms with Gasteiger partial charge in [0.1, 0.15) is 30.0 Å². The van der Waals surface area contributed by atoms with E-state index in [0.29, 0.717) is 74.4 Å². The van der Waals surface area contributed by atoms with Crippen molar-refractivity contribution in [3.63, 3.8) is 0 Å². The lowest BCUT2D eigenvalue weighted by Crippen LogP contribution is -2.50. The number of ether oxygens (including phenoxy) is 3. The Hall–Kier alpha value is -4.23. The third kappa shape index (κ3) is 7.23. The van der Waals surface area contributed by atoms with Crippen LogP contribution in [0, 0.1) is 11.2 Å². The van der Waals surface area contributed by atoms with Gasteiger partial charge in [0, 0.05) is 62.3 Å². The summed E-state index contributed by atoms with van der Waals surface area (Å²) in [5, 5.41) is 7.54. The first kappa shape index (κ1) is 30.2. The summed E-state index contributed by atoms with van der Waals surface area (Å²) < 4.78 is 69.6. The largest absolute Gasteiger partial charge is 0.490 e. The second-order valence-corrected chi connectivity index (χ2v) is 10.8. The van der Waals surface area contributed by atoms with Gasteiger partial charge in [0.15, 0.2) is 12.6 Å². The summed E-state index contributed by atoms with van der Waals surface area (Å²) in [5.74, 6) is -0.544. The smallest absolute Gasteiger partial charge is 0.422 e. The Morgan fingerprint density at radius 3 is 2.42 bits per heavy atom. The molecule has 3 aliphatic heterocycles. The minimum atomic E-state index is -4.57. The summed E-state index contributed by atoms with van der Waals surface area (Å²) >= 11 is 0. The first-order valence-corrected chi connectivity index (χ1v) is 14.1. The maximum Gasteiger partial charge on any atom is 0.422 e. The molecule has 0 saturated carbocycles. The second kappa shape index (κ2) is 12.6. The zero-order valence-corrected chi connectivity index (χ0v) is 23.4. The highest BCUT2D eigenvalue weighted by molar-refractivity contribution is 5.91. The van der Waals surface area contributed by atoms with E-state index < -0.39 is 24.7 Å². The van der Waals surface area contributed by atoms with Crippen molar-refractivity contribution in [1.29, 1.82) is 5.41 Å². The summed E-state index contributed by atoms with van der Waals surface area (Å²) in [7, 11) is 0. The topological polar surface area (TPSA) is 121 Å². The fraction of sp³-hybridized carbons (Fsp3) is 0.483. The number of amides is 2. The number of likely N-dealkylation sites (tertiary alicyclic amines) is 2. The number of guanidine groups is 1. The molecule has 10 nitrogen and oxygen atoms in total. The number of fused-ring (bicyclic) bond motifs is 1. The average molecular weight is 608 g/mol. The number of benzene rings is 2. The third-order valence-electron chi connectivity index (χ3n) is 7.93. The molecule has 0 spiro atoms. The predicted molar refractivity (Wildman–Crippen MR) is 147 cm³/mol. The van der Waals surface area contributed by atoms with Crippen LogP contribution in [-0.4, -0.2) is 78.9 Å². The number of hydrogen-bond acceptors (Lipinski definition) is 6. The molecule has 2 saturated heterocycles. The Kier molecular flexibility index (Phi) is 8.83. The van der Waals surface area contributed by atoms with Crippen LogP contribution in [0.4, 0.5) is 28.0 Å². The lowest BCUT2D eigenvalue weighted by molar-refractivity contribution is -0.153. The van der Waals surface area contributed by atoms with Crippen molar-refractivity contribution in [1.82, 2.24) is 9.80 Å². The van der Waals surface area contributed by atoms with Gasteiger partial charge in [-0.25, -0.2) is 9.18 Å². The number of piperidine rings is 2. The summed E-state index contributed by atoms with van der Waals surface area (Å²) in [6, 6.07) is 8.71. The summed E-state index contributed by atoms with van der Waals surface area (Å²) in [6.07, 6.45) is -3.52. The number of nitrogens with zero attached hydrogens (tertiary/aromatic N) is 3. The zero-order valence-electron chi connectivity index (χ0n) is 23.4. The maximum atomic E-state index is 14.3. The Morgan fingerprint density at radius 2 is 1.74 bits per heavy atom. The fourth-order valence-electron chi connectivity index (χ4n) is 5.67. The van der Waals surface area contributed by atoms with Crippen molar-refractivity contribution in [2.45, 2.75) is 57.0 Å². The Labute approximate surface area is 245 Å². The van der Waals surface area contributed by atoms with Crippen molar-refractivity contribution in [3.8, 4) is 11.5 Å². The van der Waals surface area contributed by atoms with E-state index in [-0.39, 0.29) is 42.8 Å². The Morgan fingerprint density at radius 1 is 1.05 bits per heavy atom. The number of alkyl halides is 3. The van der Waals surface area contributed by atoms with E-state index in [2.05, 4.69) is 0 Å². The van der Waals surface area contributed by atoms with Crippen molar-refractivity contribution < 1.29 is 41.4 Å². The summed E-state index contributed by atoms with van der Waals surface area (Å²) in [4.78, 5) is 30.5. The van der Waals surface area contributed by atoms with Crippen LogP contribution in [0.3, 0.4) is 0 Å². The van der Waals surface area contributed by atoms with E-state index in [0.717, 1.165) is 0 Å². The highest BCUT2D eigenvalue weighted by Gasteiger charge is 2.36. The number of carbonyl (C=O) groups excluding carboxylic acids is 2. The molecule has 0 bridgehead atoms. The molecule has 0 atom stereocenters. The van der Waals surface area contributed by atoms with Crippen LogP contribution in [0.15, 0.2) is 36.4 Å². The molecule has 0 unspecified atom stereocenters. The monoisotopic (exact) mass is 607 g/mol. The number of carbonyl (C=O) groups is 2. The van der Waals surface area contributed by atoms with Crippen molar-refractivity contribution in [3.05, 3.63) is 53.3 Å². The number of hydrogen-bond donors (Lipinski definition) is 2. The quantitative estimate of drug-likeness (QED) is 0.275. The van der Waals surface area contributed by atoms with Crippen LogP contribution >= 0.6 is 0 Å². The molecule has 43 heavy (non-hydrogen) atoms. The molecule has 0 aromatic heterocycles. The molecular weight excluding hydrogens is 574 g/mol. The standard InChI is InChI=1S/C29H33F4N5O5/c30-23-2-1-3-24-22(23)16-41-28(40)38(24)19-6-10-36(11-7-19)26(39)14-18-4-5-21(15-25(18)42-17-29(31,32)33)43-20-8-12-37(13-9-20)27(34)35/h1-5,15,19-20H,6-14,16-17H2,(H3,34,35). The highest BCUT2D eigenvalue weighted by Crippen LogP contribution is 2.34. The summed E-state index contributed by atoms with van der Waals surface area (Å²) in [5.41, 5.74) is 6.58. The fourth-order valence-corrected chi connectivity index (χ4v) is 5.67. The van der Waals surface area contributed by atoms with Gasteiger partial charge in [0.2, 0.25) is 5.91 Å². The van der Waals surface area contributed by atoms with Gasteiger partial charge in [-0.1, -0.05) is 12.1 Å². The Balaban J connectivity index is 1.23. The second-order valence-electron chi connectivity index (χ2n) is 10.8. The summed E-state index contributed by atoms with van der Waals surface area (Å²) in [6.45, 7) is 0.00413. The van der Waals surface area contributed by atoms with Gasteiger partial charge in [-0.05, 0) is 31.0 Å². The van der Waals surface area contributed by atoms with Gasteiger partial charge in [0.25, 0.3) is 0 Å². The molecule has 0 radical (unpaired) electrons. The van der Waals surface area contributed by atoms with Gasteiger partial charge in [-0.3, -0.25) is 15.1 Å². The minimum absolute atomic E-state index is 0.0192. The van der Waals surface area contributed by atoms with Crippen LogP contribution in [0.5, 0.6) is 11.5 Å². The number of nitrogens with one attached hydrogen (secondary N) is 1. The SMILES string of the molecule is N=C(N)N1CCC(Oc2ccc(CC(=O)N3CCC(N4C(=O)OCc5c(F)cccc54)CC3)c(OCC(F)(F)F)c2)CC1. The lowest BCUT2D eigenvalue weighted by atomic mass is 9.99. The number of rotatable bonds is 7.